The van der Waals surface area contributed by atoms with E-state index in [0.717, 1.165) is 17.7 Å². The Morgan fingerprint density at radius 2 is 1.77 bits per heavy atom. The van der Waals surface area contributed by atoms with Crippen LogP contribution in [0.3, 0.4) is 0 Å². The fourth-order valence-corrected chi connectivity index (χ4v) is 2.04. The van der Waals surface area contributed by atoms with Crippen molar-refractivity contribution in [2.75, 3.05) is 5.32 Å². The molecule has 0 aliphatic carbocycles. The second kappa shape index (κ2) is 6.05. The van der Waals surface area contributed by atoms with Gasteiger partial charge in [-0.15, -0.1) is 0 Å². The first-order valence-corrected chi connectivity index (χ1v) is 6.46. The highest BCUT2D eigenvalue weighted by Gasteiger charge is 2.33. The second-order valence-corrected chi connectivity index (χ2v) is 4.76. The van der Waals surface area contributed by atoms with Crippen LogP contribution in [0, 0.1) is 10.1 Å². The number of nitrogens with zero attached hydrogens (tertiary/aromatic N) is 1. The molecule has 0 spiro atoms. The topological polar surface area (TPSA) is 55.2 Å². The second-order valence-electron chi connectivity index (χ2n) is 4.76. The van der Waals surface area contributed by atoms with E-state index < -0.39 is 22.4 Å². The summed E-state index contributed by atoms with van der Waals surface area (Å²) < 4.78 is 37.9. The first-order chi connectivity index (χ1) is 10.3. The highest BCUT2D eigenvalue weighted by molar-refractivity contribution is 5.63. The number of rotatable bonds is 4. The molecular weight excluding hydrogens is 297 g/mol. The summed E-state index contributed by atoms with van der Waals surface area (Å²) in [6.07, 6.45) is -4.62. The minimum absolute atomic E-state index is 0.0503. The van der Waals surface area contributed by atoms with Gasteiger partial charge in [0, 0.05) is 12.1 Å². The fraction of sp³-hybridized carbons (Fsp3) is 0.200. The Hall–Kier alpha value is -2.57. The summed E-state index contributed by atoms with van der Waals surface area (Å²) in [5, 5.41) is 13.9. The van der Waals surface area contributed by atoms with Gasteiger partial charge in [-0.1, -0.05) is 30.3 Å². The molecule has 0 aliphatic heterocycles. The number of alkyl halides is 3. The molecule has 0 saturated heterocycles. The summed E-state index contributed by atoms with van der Waals surface area (Å²) >= 11 is 0. The van der Waals surface area contributed by atoms with Gasteiger partial charge in [-0.2, -0.15) is 13.2 Å². The van der Waals surface area contributed by atoms with Crippen LogP contribution >= 0.6 is 0 Å². The fourth-order valence-electron chi connectivity index (χ4n) is 2.04. The first kappa shape index (κ1) is 15.8. The standard InChI is InChI=1S/C15H13F3N2O2/c1-10(11-5-3-2-4-6-11)19-13-8-7-12(15(16,17)18)9-14(13)20(21)22/h2-10,19H,1H3. The lowest BCUT2D eigenvalue weighted by Crippen LogP contribution is -2.10. The number of anilines is 1. The summed E-state index contributed by atoms with van der Waals surface area (Å²) in [4.78, 5) is 10.2. The van der Waals surface area contributed by atoms with Gasteiger partial charge in [-0.05, 0) is 24.6 Å². The van der Waals surface area contributed by atoms with Crippen LogP contribution in [-0.4, -0.2) is 4.92 Å². The lowest BCUT2D eigenvalue weighted by molar-refractivity contribution is -0.384. The highest BCUT2D eigenvalue weighted by atomic mass is 19.4. The SMILES string of the molecule is CC(Nc1ccc(C(F)(F)F)cc1[N+](=O)[O-])c1ccccc1. The van der Waals surface area contributed by atoms with Crippen molar-refractivity contribution in [1.29, 1.82) is 0 Å². The quantitative estimate of drug-likeness (QED) is 0.652. The van der Waals surface area contributed by atoms with E-state index >= 15 is 0 Å². The van der Waals surface area contributed by atoms with Crippen molar-refractivity contribution >= 4 is 11.4 Å². The molecule has 116 valence electrons. The molecule has 0 heterocycles. The zero-order valence-electron chi connectivity index (χ0n) is 11.6. The number of hydrogen-bond donors (Lipinski definition) is 1. The first-order valence-electron chi connectivity index (χ1n) is 6.46. The van der Waals surface area contributed by atoms with E-state index in [2.05, 4.69) is 5.32 Å². The Balaban J connectivity index is 2.33. The van der Waals surface area contributed by atoms with Crippen LogP contribution in [0.4, 0.5) is 24.5 Å². The number of benzene rings is 2. The molecule has 1 unspecified atom stereocenters. The third kappa shape index (κ3) is 3.55. The average Bonchev–Trinajstić information content (AvgIpc) is 2.47. The smallest absolute Gasteiger partial charge is 0.373 e. The molecule has 4 nitrogen and oxygen atoms in total. The van der Waals surface area contributed by atoms with Crippen LogP contribution in [-0.2, 0) is 6.18 Å². The predicted molar refractivity (Wildman–Crippen MR) is 76.6 cm³/mol. The molecule has 0 aromatic heterocycles. The van der Waals surface area contributed by atoms with Gasteiger partial charge in [-0.25, -0.2) is 0 Å². The minimum Gasteiger partial charge on any atom is -0.373 e. The Morgan fingerprint density at radius 3 is 2.32 bits per heavy atom. The number of hydrogen-bond acceptors (Lipinski definition) is 3. The Labute approximate surface area is 124 Å². The minimum atomic E-state index is -4.62. The molecule has 1 N–H and O–H groups in total. The molecule has 0 fully saturated rings. The van der Waals surface area contributed by atoms with Gasteiger partial charge in [0.25, 0.3) is 5.69 Å². The van der Waals surface area contributed by atoms with Crippen molar-refractivity contribution < 1.29 is 18.1 Å². The predicted octanol–water partition coefficient (Wildman–Crippen LogP) is 4.79. The summed E-state index contributed by atoms with van der Waals surface area (Å²) in [5.41, 5.74) is -0.722. The normalized spacial score (nSPS) is 12.7. The number of halogens is 3. The lowest BCUT2D eigenvalue weighted by atomic mass is 10.1. The van der Waals surface area contributed by atoms with Crippen molar-refractivity contribution in [2.45, 2.75) is 19.1 Å². The van der Waals surface area contributed by atoms with E-state index in [9.17, 15) is 23.3 Å². The van der Waals surface area contributed by atoms with E-state index in [1.54, 1.807) is 6.92 Å². The van der Waals surface area contributed by atoms with Crippen molar-refractivity contribution in [3.8, 4) is 0 Å². The van der Waals surface area contributed by atoms with Gasteiger partial charge in [-0.3, -0.25) is 10.1 Å². The summed E-state index contributed by atoms with van der Waals surface area (Å²) in [5.74, 6) is 0. The van der Waals surface area contributed by atoms with Crippen LogP contribution in [0.5, 0.6) is 0 Å². The lowest BCUT2D eigenvalue weighted by Gasteiger charge is -2.16. The molecule has 1 atom stereocenters. The maximum absolute atomic E-state index is 12.6. The average molecular weight is 310 g/mol. The molecule has 0 aliphatic rings. The van der Waals surface area contributed by atoms with Crippen molar-refractivity contribution in [1.82, 2.24) is 0 Å². The van der Waals surface area contributed by atoms with Gasteiger partial charge in [0.15, 0.2) is 0 Å². The maximum atomic E-state index is 12.6. The maximum Gasteiger partial charge on any atom is 0.416 e. The van der Waals surface area contributed by atoms with Gasteiger partial charge >= 0.3 is 6.18 Å². The molecule has 2 aromatic rings. The number of nitro groups is 1. The third-order valence-corrected chi connectivity index (χ3v) is 3.19. The molecule has 22 heavy (non-hydrogen) atoms. The van der Waals surface area contributed by atoms with Gasteiger partial charge in [0.1, 0.15) is 5.69 Å². The zero-order valence-corrected chi connectivity index (χ0v) is 11.6. The van der Waals surface area contributed by atoms with Gasteiger partial charge in [0.05, 0.1) is 10.5 Å². The molecule has 7 heteroatoms. The summed E-state index contributed by atoms with van der Waals surface area (Å²) in [7, 11) is 0. The van der Waals surface area contributed by atoms with Crippen molar-refractivity contribution in [2.24, 2.45) is 0 Å². The van der Waals surface area contributed by atoms with E-state index in [0.29, 0.717) is 6.07 Å². The van der Waals surface area contributed by atoms with E-state index in [4.69, 9.17) is 0 Å². The van der Waals surface area contributed by atoms with Crippen LogP contribution in [0.25, 0.3) is 0 Å². The Kier molecular flexibility index (Phi) is 4.35. The van der Waals surface area contributed by atoms with Gasteiger partial charge in [0.2, 0.25) is 0 Å². The van der Waals surface area contributed by atoms with E-state index in [1.165, 1.54) is 0 Å². The third-order valence-electron chi connectivity index (χ3n) is 3.19. The molecule has 0 bridgehead atoms. The molecular formula is C15H13F3N2O2. The van der Waals surface area contributed by atoms with Crippen LogP contribution in [0.2, 0.25) is 0 Å². The van der Waals surface area contributed by atoms with Crippen molar-refractivity contribution in [3.05, 3.63) is 69.8 Å². The summed E-state index contributed by atoms with van der Waals surface area (Å²) in [6.45, 7) is 1.77. The largest absolute Gasteiger partial charge is 0.416 e. The molecule has 0 saturated carbocycles. The zero-order chi connectivity index (χ0) is 16.3. The van der Waals surface area contributed by atoms with Gasteiger partial charge < -0.3 is 5.32 Å². The number of nitro benzene ring substituents is 1. The Morgan fingerprint density at radius 1 is 1.14 bits per heavy atom. The molecule has 2 rings (SSSR count). The van der Waals surface area contributed by atoms with E-state index in [1.807, 2.05) is 30.3 Å². The molecule has 2 aromatic carbocycles. The highest BCUT2D eigenvalue weighted by Crippen LogP contribution is 2.36. The Bertz CT molecular complexity index is 672. The van der Waals surface area contributed by atoms with Crippen molar-refractivity contribution in [3.63, 3.8) is 0 Å². The molecule has 0 radical (unpaired) electrons. The van der Waals surface area contributed by atoms with Crippen LogP contribution < -0.4 is 5.32 Å². The molecule has 0 amide bonds. The number of nitrogens with one attached hydrogen (secondary N) is 1. The monoisotopic (exact) mass is 310 g/mol. The van der Waals surface area contributed by atoms with E-state index in [-0.39, 0.29) is 11.7 Å². The van der Waals surface area contributed by atoms with Crippen LogP contribution in [0.15, 0.2) is 48.5 Å². The van der Waals surface area contributed by atoms with Crippen LogP contribution in [0.1, 0.15) is 24.1 Å². The summed E-state index contributed by atoms with van der Waals surface area (Å²) in [6, 6.07) is 11.3.